The number of quaternary nitrogens is 1. The normalized spacial score (nSPS) is 10.9. The molecule has 0 saturated carbocycles. The predicted molar refractivity (Wildman–Crippen MR) is 199 cm³/mol. The van der Waals surface area contributed by atoms with Gasteiger partial charge in [-0.1, -0.05) is 7.43 Å². The SMILES string of the molecule is C.CN(C)/C=C(/C=[N+](C)C)c1ncnc2[nH]ccc12.C[N+](C)=C/C(=C/[NH+](C)C)c1ncnc2[nH]ccc12.Cc1ncnc2[nH]ccc12.Cl.[Cl-]. The molecule has 0 bridgehead atoms. The molecular formula is C34H49Cl2N13+2. The first kappa shape index (κ1) is 42.0. The lowest BCUT2D eigenvalue weighted by Gasteiger charge is -2.07. The fourth-order valence-electron chi connectivity index (χ4n) is 4.67. The van der Waals surface area contributed by atoms with Gasteiger partial charge in [-0.25, -0.2) is 39.1 Å². The number of nitrogens with one attached hydrogen (secondary N) is 4. The van der Waals surface area contributed by atoms with Crippen molar-refractivity contribution in [1.82, 2.24) is 49.8 Å². The second-order valence-corrected chi connectivity index (χ2v) is 11.5. The molecule has 6 aromatic rings. The topological polar surface area (TPSA) is 138 Å². The Morgan fingerprint density at radius 2 is 1.08 bits per heavy atom. The summed E-state index contributed by atoms with van der Waals surface area (Å²) in [4.78, 5) is 37.8. The molecule has 0 aliphatic carbocycles. The molecule has 0 saturated heterocycles. The lowest BCUT2D eigenvalue weighted by molar-refractivity contribution is -0.800. The highest BCUT2D eigenvalue weighted by atomic mass is 35.5. The number of allylic oxidation sites excluding steroid dienone is 2. The van der Waals surface area contributed by atoms with Crippen molar-refractivity contribution in [2.75, 3.05) is 56.4 Å². The molecular weight excluding hydrogens is 661 g/mol. The first-order valence-corrected chi connectivity index (χ1v) is 14.8. The third-order valence-electron chi connectivity index (χ3n) is 6.44. The van der Waals surface area contributed by atoms with Gasteiger partial charge in [0.1, 0.15) is 75.9 Å². The Morgan fingerprint density at radius 3 is 1.51 bits per heavy atom. The molecule has 6 aromatic heterocycles. The number of aromatic amines is 3. The maximum absolute atomic E-state index is 4.41. The third kappa shape index (κ3) is 11.6. The van der Waals surface area contributed by atoms with Gasteiger partial charge >= 0.3 is 0 Å². The first-order chi connectivity index (χ1) is 22.0. The zero-order chi connectivity index (χ0) is 33.2. The number of hydrogen-bond donors (Lipinski definition) is 4. The van der Waals surface area contributed by atoms with Crippen molar-refractivity contribution in [2.45, 2.75) is 14.4 Å². The Balaban J connectivity index is 0.000000369. The summed E-state index contributed by atoms with van der Waals surface area (Å²) in [7, 11) is 16.2. The molecule has 15 heteroatoms. The van der Waals surface area contributed by atoms with Crippen LogP contribution in [-0.4, -0.2) is 128 Å². The van der Waals surface area contributed by atoms with E-state index in [2.05, 4.69) is 83.8 Å². The standard InChI is InChI=1S/2C13H18N5.C7H7N3.CH4.2ClH/c2*1-17(2)7-10(8-18(3)4)12-11-5-6-14-13(11)16-9-15-12;1-5-6-2-3-8-7(6)10-4-9-5;;;/h2*5-9H,1-4H3,(H,14,15,16);2-4H,1H3,(H,8,9,10);1H4;2*1H/q2*+1;;;;. The van der Waals surface area contributed by atoms with Gasteiger partial charge in [-0.2, -0.15) is 0 Å². The number of aryl methyl sites for hydroxylation is 1. The summed E-state index contributed by atoms with van der Waals surface area (Å²) in [6.07, 6.45) is 18.7. The highest BCUT2D eigenvalue weighted by Gasteiger charge is 2.13. The van der Waals surface area contributed by atoms with Gasteiger partial charge in [0, 0.05) is 55.0 Å². The molecule has 0 spiro atoms. The molecule has 13 nitrogen and oxygen atoms in total. The van der Waals surface area contributed by atoms with Gasteiger partial charge < -0.3 is 37.2 Å². The molecule has 0 aliphatic rings. The molecule has 0 amide bonds. The third-order valence-corrected chi connectivity index (χ3v) is 6.44. The van der Waals surface area contributed by atoms with E-state index in [4.69, 9.17) is 0 Å². The molecule has 0 radical (unpaired) electrons. The summed E-state index contributed by atoms with van der Waals surface area (Å²) in [6.45, 7) is 1.97. The second kappa shape index (κ2) is 19.7. The van der Waals surface area contributed by atoms with E-state index >= 15 is 0 Å². The molecule has 262 valence electrons. The first-order valence-electron chi connectivity index (χ1n) is 14.8. The van der Waals surface area contributed by atoms with Crippen molar-refractivity contribution in [3.05, 3.63) is 85.3 Å². The number of aromatic nitrogens is 9. The highest BCUT2D eigenvalue weighted by molar-refractivity contribution is 6.11. The molecule has 0 unspecified atom stereocenters. The van der Waals surface area contributed by atoms with Crippen LogP contribution in [0, 0.1) is 6.92 Å². The van der Waals surface area contributed by atoms with Crippen LogP contribution in [0.2, 0.25) is 0 Å². The van der Waals surface area contributed by atoms with E-state index in [1.165, 1.54) is 4.90 Å². The van der Waals surface area contributed by atoms with Crippen LogP contribution in [0.3, 0.4) is 0 Å². The van der Waals surface area contributed by atoms with E-state index < -0.39 is 0 Å². The molecule has 0 aromatic carbocycles. The monoisotopic (exact) mass is 709 g/mol. The Hall–Kier alpha value is -4.98. The average molecular weight is 711 g/mol. The van der Waals surface area contributed by atoms with Crippen LogP contribution in [0.1, 0.15) is 24.5 Å². The number of H-pyrrole nitrogens is 3. The summed E-state index contributed by atoms with van der Waals surface area (Å²) in [5.74, 6) is 0. The van der Waals surface area contributed by atoms with E-state index in [0.29, 0.717) is 0 Å². The second-order valence-electron chi connectivity index (χ2n) is 11.5. The molecule has 0 fully saturated rings. The molecule has 0 aliphatic heterocycles. The zero-order valence-electron chi connectivity index (χ0n) is 28.8. The minimum absolute atomic E-state index is 0. The van der Waals surface area contributed by atoms with E-state index in [9.17, 15) is 0 Å². The summed E-state index contributed by atoms with van der Waals surface area (Å²) in [5, 5.41) is 3.18. The van der Waals surface area contributed by atoms with Crippen molar-refractivity contribution in [2.24, 2.45) is 0 Å². The number of rotatable bonds is 6. The van der Waals surface area contributed by atoms with E-state index in [1.807, 2.05) is 100 Å². The Bertz CT molecular complexity index is 1910. The molecule has 4 N–H and O–H groups in total. The lowest BCUT2D eigenvalue weighted by atomic mass is 10.1. The van der Waals surface area contributed by atoms with Gasteiger partial charge in [-0.15, -0.1) is 12.4 Å². The highest BCUT2D eigenvalue weighted by Crippen LogP contribution is 2.20. The quantitative estimate of drug-likeness (QED) is 0.144. The lowest BCUT2D eigenvalue weighted by Crippen LogP contribution is -3.00. The van der Waals surface area contributed by atoms with Gasteiger partial charge in [0.15, 0.2) is 12.4 Å². The largest absolute Gasteiger partial charge is 1.00 e. The van der Waals surface area contributed by atoms with Crippen LogP contribution in [0.15, 0.2) is 68.2 Å². The molecule has 0 atom stereocenters. The maximum atomic E-state index is 4.41. The number of hydrogen-bond acceptors (Lipinski definition) is 7. The summed E-state index contributed by atoms with van der Waals surface area (Å²) < 4.78 is 4.03. The minimum Gasteiger partial charge on any atom is -1.00 e. The van der Waals surface area contributed by atoms with Crippen LogP contribution in [0.25, 0.3) is 44.2 Å². The predicted octanol–water partition coefficient (Wildman–Crippen LogP) is 0.318. The van der Waals surface area contributed by atoms with Gasteiger partial charge in [-0.05, 0) is 25.1 Å². The Kier molecular flexibility index (Phi) is 16.9. The Labute approximate surface area is 300 Å². The molecule has 6 heterocycles. The van der Waals surface area contributed by atoms with Crippen molar-refractivity contribution in [3.63, 3.8) is 0 Å². The molecule has 49 heavy (non-hydrogen) atoms. The van der Waals surface area contributed by atoms with E-state index in [1.54, 1.807) is 19.0 Å². The minimum atomic E-state index is 0. The Morgan fingerprint density at radius 1 is 0.673 bits per heavy atom. The summed E-state index contributed by atoms with van der Waals surface area (Å²) in [5.41, 5.74) is 7.69. The fraction of sp³-hybridized carbons (Fsp3) is 0.294. The smallest absolute Gasteiger partial charge is 0.177 e. The van der Waals surface area contributed by atoms with Crippen molar-refractivity contribution in [3.8, 4) is 0 Å². The number of fused-ring (bicyclic) bond motifs is 3. The molecule has 6 rings (SSSR count). The number of halogens is 2. The van der Waals surface area contributed by atoms with Crippen LogP contribution in [-0.2, 0) is 0 Å². The summed E-state index contributed by atoms with van der Waals surface area (Å²) in [6, 6.07) is 5.98. The van der Waals surface area contributed by atoms with Crippen LogP contribution >= 0.6 is 12.4 Å². The fourth-order valence-corrected chi connectivity index (χ4v) is 4.67. The van der Waals surface area contributed by atoms with Gasteiger partial charge in [0.25, 0.3) is 0 Å². The van der Waals surface area contributed by atoms with Crippen LogP contribution in [0.4, 0.5) is 0 Å². The van der Waals surface area contributed by atoms with Crippen molar-refractivity contribution >= 4 is 69.1 Å². The van der Waals surface area contributed by atoms with E-state index in [0.717, 1.165) is 61.3 Å². The summed E-state index contributed by atoms with van der Waals surface area (Å²) >= 11 is 0. The maximum Gasteiger partial charge on any atom is 0.177 e. The average Bonchev–Trinajstić information content (AvgIpc) is 3.77. The van der Waals surface area contributed by atoms with E-state index in [-0.39, 0.29) is 32.2 Å². The van der Waals surface area contributed by atoms with Crippen molar-refractivity contribution < 1.29 is 26.5 Å². The number of nitrogens with zero attached hydrogens (tertiary/aromatic N) is 9. The van der Waals surface area contributed by atoms with Crippen molar-refractivity contribution in [1.29, 1.82) is 0 Å². The van der Waals surface area contributed by atoms with Crippen LogP contribution < -0.4 is 17.3 Å². The van der Waals surface area contributed by atoms with Gasteiger partial charge in [-0.3, -0.25) is 0 Å². The van der Waals surface area contributed by atoms with Crippen LogP contribution in [0.5, 0.6) is 0 Å². The van der Waals surface area contributed by atoms with Gasteiger partial charge in [0.2, 0.25) is 0 Å². The van der Waals surface area contributed by atoms with Gasteiger partial charge in [0.05, 0.1) is 36.8 Å². The zero-order valence-corrected chi connectivity index (χ0v) is 30.4.